The molecule has 0 spiro atoms. The van der Waals surface area contributed by atoms with E-state index in [9.17, 15) is 81.7 Å². The maximum Gasteiger partial charge on any atom is 0.187 e. The first-order valence-corrected chi connectivity index (χ1v) is 17.7. The Morgan fingerprint density at radius 1 is 0.411 bits per heavy atom. The third-order valence-corrected chi connectivity index (χ3v) is 10.4. The molecular formula is C30H53NO25. The zero-order valence-electron chi connectivity index (χ0n) is 29.4. The molecule has 0 bridgehead atoms. The van der Waals surface area contributed by atoms with Crippen molar-refractivity contribution in [1.29, 1.82) is 0 Å². The van der Waals surface area contributed by atoms with Crippen LogP contribution in [-0.4, -0.2) is 268 Å². The van der Waals surface area contributed by atoms with Crippen molar-refractivity contribution < 1.29 is 124 Å². The van der Waals surface area contributed by atoms with Gasteiger partial charge in [0.15, 0.2) is 31.5 Å². The van der Waals surface area contributed by atoms with E-state index in [1.165, 1.54) is 0 Å². The van der Waals surface area contributed by atoms with Crippen molar-refractivity contribution in [3.8, 4) is 0 Å². The smallest absolute Gasteiger partial charge is 0.187 e. The average molecular weight is 828 g/mol. The molecule has 0 saturated carbocycles. The van der Waals surface area contributed by atoms with Crippen LogP contribution < -0.4 is 5.73 Å². The van der Waals surface area contributed by atoms with Gasteiger partial charge in [-0.05, 0) is 0 Å². The Labute approximate surface area is 316 Å². The molecule has 0 aromatic carbocycles. The fourth-order valence-electron chi connectivity index (χ4n) is 7.07. The Morgan fingerprint density at radius 3 is 1.27 bits per heavy atom. The van der Waals surface area contributed by atoms with Gasteiger partial charge in [0.1, 0.15) is 116 Å². The lowest BCUT2D eigenvalue weighted by Crippen LogP contribution is -2.67. The highest BCUT2D eigenvalue weighted by Crippen LogP contribution is 2.36. The van der Waals surface area contributed by atoms with Gasteiger partial charge in [-0.2, -0.15) is 0 Å². The van der Waals surface area contributed by atoms with E-state index in [0.29, 0.717) is 0 Å². The molecule has 5 saturated heterocycles. The topological polar surface area (TPSA) is 433 Å². The summed E-state index contributed by atoms with van der Waals surface area (Å²) in [7, 11) is 0. The van der Waals surface area contributed by atoms with Gasteiger partial charge in [-0.15, -0.1) is 0 Å². The third-order valence-electron chi connectivity index (χ3n) is 10.4. The number of rotatable bonds is 14. The lowest BCUT2D eigenvalue weighted by atomic mass is 9.95. The summed E-state index contributed by atoms with van der Waals surface area (Å²) in [5.74, 6) is 0. The van der Waals surface area contributed by atoms with Gasteiger partial charge in [0, 0.05) is 0 Å². The quantitative estimate of drug-likeness (QED) is 0.0773. The fourth-order valence-corrected chi connectivity index (χ4v) is 7.07. The highest BCUT2D eigenvalue weighted by Gasteiger charge is 2.57. The molecule has 0 aromatic heterocycles. The Balaban J connectivity index is 1.33. The minimum atomic E-state index is -2.14. The van der Waals surface area contributed by atoms with E-state index >= 15 is 0 Å². The molecule has 18 N–H and O–H groups in total. The molecule has 0 aliphatic carbocycles. The van der Waals surface area contributed by atoms with Crippen LogP contribution in [0.25, 0.3) is 0 Å². The predicted molar refractivity (Wildman–Crippen MR) is 168 cm³/mol. The Kier molecular flexibility index (Phi) is 16.1. The zero-order valence-corrected chi connectivity index (χ0v) is 29.4. The van der Waals surface area contributed by atoms with Crippen molar-refractivity contribution in [3.63, 3.8) is 0 Å². The maximum atomic E-state index is 11.4. The molecule has 0 aromatic rings. The summed E-state index contributed by atoms with van der Waals surface area (Å²) in [6, 6.07) is -1.45. The van der Waals surface area contributed by atoms with Gasteiger partial charge in [0.2, 0.25) is 0 Å². The summed E-state index contributed by atoms with van der Waals surface area (Å²) < 4.78 is 49.7. The summed E-state index contributed by atoms with van der Waals surface area (Å²) in [6.45, 7) is -4.51. The molecule has 26 nitrogen and oxygen atoms in total. The number of aliphatic hydroxyl groups excluding tert-OH is 16. The van der Waals surface area contributed by atoms with Gasteiger partial charge < -0.3 is 130 Å². The molecule has 5 aliphatic rings. The second-order valence-corrected chi connectivity index (χ2v) is 14.0. The second-order valence-electron chi connectivity index (χ2n) is 14.0. The van der Waals surface area contributed by atoms with Crippen LogP contribution in [0.2, 0.25) is 0 Å². The molecule has 328 valence electrons. The Hall–Kier alpha value is -1.04. The van der Waals surface area contributed by atoms with E-state index in [-0.39, 0.29) is 0 Å². The molecule has 5 fully saturated rings. The average Bonchev–Trinajstić information content (AvgIpc) is 3.49. The van der Waals surface area contributed by atoms with Crippen LogP contribution >= 0.6 is 0 Å². The zero-order chi connectivity index (χ0) is 41.3. The minimum Gasteiger partial charge on any atom is -0.394 e. The molecule has 0 amide bonds. The van der Waals surface area contributed by atoms with Gasteiger partial charge in [0.25, 0.3) is 0 Å². The van der Waals surface area contributed by atoms with E-state index in [1.54, 1.807) is 0 Å². The normalized spacial score (nSPS) is 52.2. The number of hydrogen-bond acceptors (Lipinski definition) is 26. The van der Waals surface area contributed by atoms with Crippen molar-refractivity contribution in [2.45, 2.75) is 153 Å². The number of aliphatic hydroxyl groups is 16. The highest BCUT2D eigenvalue weighted by atomic mass is 16.8. The molecule has 5 rings (SSSR count). The highest BCUT2D eigenvalue weighted by molar-refractivity contribution is 5.00. The van der Waals surface area contributed by atoms with Crippen LogP contribution in [0, 0.1) is 0 Å². The van der Waals surface area contributed by atoms with Crippen LogP contribution in [0.4, 0.5) is 0 Å². The Morgan fingerprint density at radius 2 is 0.804 bits per heavy atom. The van der Waals surface area contributed by atoms with Gasteiger partial charge in [-0.25, -0.2) is 0 Å². The monoisotopic (exact) mass is 827 g/mol. The third kappa shape index (κ3) is 9.16. The van der Waals surface area contributed by atoms with E-state index in [1.807, 2.05) is 0 Å². The summed E-state index contributed by atoms with van der Waals surface area (Å²) in [5, 5.41) is 166. The van der Waals surface area contributed by atoms with Crippen LogP contribution in [0.15, 0.2) is 0 Å². The minimum absolute atomic E-state index is 0.811. The van der Waals surface area contributed by atoms with Crippen molar-refractivity contribution in [1.82, 2.24) is 0 Å². The first kappa shape index (κ1) is 46.0. The van der Waals surface area contributed by atoms with E-state index in [2.05, 4.69) is 0 Å². The summed E-state index contributed by atoms with van der Waals surface area (Å²) in [4.78, 5) is 0. The fraction of sp³-hybridized carbons (Fsp3) is 1.00. The van der Waals surface area contributed by atoms with Gasteiger partial charge in [-0.3, -0.25) is 0 Å². The molecule has 0 unspecified atom stereocenters. The van der Waals surface area contributed by atoms with Crippen LogP contribution in [-0.2, 0) is 42.6 Å². The lowest BCUT2D eigenvalue weighted by Gasteiger charge is -2.48. The summed E-state index contributed by atoms with van der Waals surface area (Å²) in [6.07, 6.45) is -43.6. The van der Waals surface area contributed by atoms with Crippen LogP contribution in [0.3, 0.4) is 0 Å². The van der Waals surface area contributed by atoms with Crippen LogP contribution in [0.1, 0.15) is 0 Å². The molecule has 0 radical (unpaired) electrons. The van der Waals surface area contributed by atoms with Gasteiger partial charge in [-0.1, -0.05) is 0 Å². The SMILES string of the molecule is N[C@@H]1[C@@H](O)[C@H](O[C@H]2O[C@H](CO)[C@@H](O)[C@H](O[C@H]3O[C@H](CO)[C@@H](O)[C@H](O[C@H]4O[C@@H]([C@H](O)CO)[C@H](O[C@H]5O[C@H](CO)[C@H](O)[C@H](O)[C@H]5O)[C@H]4O)[C@@H]3O)[C@@H]2O)[C@@H](CO)O[C@@H]1O. The largest absolute Gasteiger partial charge is 0.394 e. The number of nitrogens with two attached hydrogens (primary N) is 1. The summed E-state index contributed by atoms with van der Waals surface area (Å²) >= 11 is 0. The van der Waals surface area contributed by atoms with E-state index < -0.39 is 187 Å². The molecule has 5 heterocycles. The first-order chi connectivity index (χ1) is 26.5. The van der Waals surface area contributed by atoms with Crippen molar-refractivity contribution in [3.05, 3.63) is 0 Å². The standard InChI is InChI=1S/C30H53NO25/c31-11-15(41)22(10(5-36)48-26(11)47)53-28-18(44)23(13(39)8(3-34)50-28)54-29-19(45)24(14(40)9(4-35)51-29)55-30-20(46)25(21(52-30)6(37)1-32)56-27-17(43)16(42)12(38)7(2-33)49-27/h6-30,32-47H,1-5,31H2/t6-,7-,8-,9-,10-,11-,12+,13-,14-,15-,16+,17-,18+,19+,20-,21+,22-,23+,24+,25-,26+,27-,28-,29-,30-/m1/s1. The van der Waals surface area contributed by atoms with Crippen molar-refractivity contribution in [2.24, 2.45) is 5.73 Å². The van der Waals surface area contributed by atoms with Crippen LogP contribution in [0.5, 0.6) is 0 Å². The second kappa shape index (κ2) is 19.6. The number of ether oxygens (including phenoxy) is 9. The molecule has 26 heteroatoms. The van der Waals surface area contributed by atoms with Gasteiger partial charge in [0.05, 0.1) is 39.1 Å². The first-order valence-electron chi connectivity index (χ1n) is 17.7. The molecule has 25 atom stereocenters. The van der Waals surface area contributed by atoms with E-state index in [4.69, 9.17) is 48.4 Å². The maximum absolute atomic E-state index is 11.4. The molecular weight excluding hydrogens is 774 g/mol. The molecule has 5 aliphatic heterocycles. The Bertz CT molecular complexity index is 1210. The summed E-state index contributed by atoms with van der Waals surface area (Å²) in [5.41, 5.74) is 5.74. The number of hydrogen-bond donors (Lipinski definition) is 17. The lowest BCUT2D eigenvalue weighted by molar-refractivity contribution is -0.380. The van der Waals surface area contributed by atoms with Crippen molar-refractivity contribution >= 4 is 0 Å². The predicted octanol–water partition coefficient (Wildman–Crippen LogP) is -12.0. The van der Waals surface area contributed by atoms with Gasteiger partial charge >= 0.3 is 0 Å². The van der Waals surface area contributed by atoms with E-state index in [0.717, 1.165) is 0 Å². The van der Waals surface area contributed by atoms with Crippen molar-refractivity contribution in [2.75, 3.05) is 33.0 Å². The molecule has 56 heavy (non-hydrogen) atoms.